The zero-order chi connectivity index (χ0) is 15.6. The standard InChI is InChI=1S/C17H26N4O/c1-14(15-5-4-8-19-13-15)20-9-11-21(12-10-20)16(22)17(18)6-2-3-7-17/h4-5,8,13-14H,2-3,6-7,9-12,18H2,1H3. The van der Waals surface area contributed by atoms with Crippen LogP contribution in [0.25, 0.3) is 0 Å². The lowest BCUT2D eigenvalue weighted by atomic mass is 9.96. The maximum Gasteiger partial charge on any atom is 0.242 e. The van der Waals surface area contributed by atoms with Crippen LogP contribution in [0.4, 0.5) is 0 Å². The number of piperazine rings is 1. The number of rotatable bonds is 3. The second-order valence-electron chi connectivity index (χ2n) is 6.65. The van der Waals surface area contributed by atoms with Crippen molar-refractivity contribution in [2.45, 2.75) is 44.2 Å². The van der Waals surface area contributed by atoms with Crippen molar-refractivity contribution in [3.63, 3.8) is 0 Å². The second kappa shape index (κ2) is 6.34. The molecule has 5 heteroatoms. The van der Waals surface area contributed by atoms with E-state index in [1.807, 2.05) is 17.2 Å². The molecule has 3 rings (SSSR count). The Balaban J connectivity index is 1.57. The van der Waals surface area contributed by atoms with E-state index in [4.69, 9.17) is 5.73 Å². The highest BCUT2D eigenvalue weighted by Crippen LogP contribution is 2.30. The Labute approximate surface area is 132 Å². The Hall–Kier alpha value is -1.46. The summed E-state index contributed by atoms with van der Waals surface area (Å²) in [4.78, 5) is 21.2. The van der Waals surface area contributed by atoms with Gasteiger partial charge in [0.15, 0.2) is 0 Å². The molecular formula is C17H26N4O. The first-order valence-corrected chi connectivity index (χ1v) is 8.32. The van der Waals surface area contributed by atoms with Gasteiger partial charge in [-0.3, -0.25) is 14.7 Å². The molecule has 2 heterocycles. The van der Waals surface area contributed by atoms with E-state index in [1.165, 1.54) is 5.56 Å². The molecule has 0 aromatic carbocycles. The highest BCUT2D eigenvalue weighted by atomic mass is 16.2. The van der Waals surface area contributed by atoms with Crippen molar-refractivity contribution in [2.24, 2.45) is 5.73 Å². The van der Waals surface area contributed by atoms with Crippen LogP contribution in [0.2, 0.25) is 0 Å². The quantitative estimate of drug-likeness (QED) is 0.920. The summed E-state index contributed by atoms with van der Waals surface area (Å²) in [6.07, 6.45) is 7.58. The van der Waals surface area contributed by atoms with Crippen LogP contribution in [0, 0.1) is 0 Å². The van der Waals surface area contributed by atoms with Gasteiger partial charge in [-0.05, 0) is 31.4 Å². The van der Waals surface area contributed by atoms with Crippen LogP contribution >= 0.6 is 0 Å². The molecule has 1 aliphatic carbocycles. The average Bonchev–Trinajstić information content (AvgIpc) is 3.02. The predicted octanol–water partition coefficient (Wildman–Crippen LogP) is 1.56. The molecule has 2 N–H and O–H groups in total. The number of amides is 1. The minimum absolute atomic E-state index is 0.165. The second-order valence-corrected chi connectivity index (χ2v) is 6.65. The van der Waals surface area contributed by atoms with Gasteiger partial charge >= 0.3 is 0 Å². The summed E-state index contributed by atoms with van der Waals surface area (Å²) < 4.78 is 0. The molecule has 2 fully saturated rings. The maximum absolute atomic E-state index is 12.6. The van der Waals surface area contributed by atoms with Gasteiger partial charge in [0, 0.05) is 44.6 Å². The van der Waals surface area contributed by atoms with Crippen LogP contribution in [0.1, 0.15) is 44.2 Å². The number of nitrogens with two attached hydrogens (primary N) is 1. The van der Waals surface area contributed by atoms with E-state index in [2.05, 4.69) is 22.9 Å². The third-order valence-electron chi connectivity index (χ3n) is 5.24. The summed E-state index contributed by atoms with van der Waals surface area (Å²) in [5, 5.41) is 0. The molecule has 1 aliphatic heterocycles. The molecule has 1 amide bonds. The summed E-state index contributed by atoms with van der Waals surface area (Å²) >= 11 is 0. The summed E-state index contributed by atoms with van der Waals surface area (Å²) in [6.45, 7) is 5.57. The van der Waals surface area contributed by atoms with Gasteiger partial charge in [-0.1, -0.05) is 18.9 Å². The van der Waals surface area contributed by atoms with Gasteiger partial charge in [-0.15, -0.1) is 0 Å². The number of pyridine rings is 1. The van der Waals surface area contributed by atoms with Gasteiger partial charge in [-0.2, -0.15) is 0 Å². The van der Waals surface area contributed by atoms with Crippen molar-refractivity contribution in [1.29, 1.82) is 0 Å². The van der Waals surface area contributed by atoms with E-state index in [0.717, 1.165) is 51.9 Å². The first kappa shape index (κ1) is 15.4. The van der Waals surface area contributed by atoms with Gasteiger partial charge < -0.3 is 10.6 Å². The fraction of sp³-hybridized carbons (Fsp3) is 0.647. The van der Waals surface area contributed by atoms with E-state index >= 15 is 0 Å². The summed E-state index contributed by atoms with van der Waals surface area (Å²) in [7, 11) is 0. The summed E-state index contributed by atoms with van der Waals surface area (Å²) in [5.74, 6) is 0.165. The lowest BCUT2D eigenvalue weighted by Crippen LogP contribution is -2.58. The Morgan fingerprint density at radius 2 is 1.95 bits per heavy atom. The molecule has 1 aromatic rings. The molecule has 1 unspecified atom stereocenters. The van der Waals surface area contributed by atoms with Crippen LogP contribution in [-0.2, 0) is 4.79 Å². The third kappa shape index (κ3) is 3.01. The van der Waals surface area contributed by atoms with Gasteiger partial charge in [0.05, 0.1) is 5.54 Å². The summed E-state index contributed by atoms with van der Waals surface area (Å²) in [5.41, 5.74) is 6.95. The minimum atomic E-state index is -0.586. The minimum Gasteiger partial charge on any atom is -0.339 e. The number of carbonyl (C=O) groups excluding carboxylic acids is 1. The molecule has 22 heavy (non-hydrogen) atoms. The van der Waals surface area contributed by atoms with Crippen LogP contribution in [0.15, 0.2) is 24.5 Å². The topological polar surface area (TPSA) is 62.5 Å². The Morgan fingerprint density at radius 1 is 1.27 bits per heavy atom. The molecule has 120 valence electrons. The average molecular weight is 302 g/mol. The SMILES string of the molecule is CC(c1cccnc1)N1CCN(C(=O)C2(N)CCCC2)CC1. The van der Waals surface area contributed by atoms with Crippen LogP contribution in [0.5, 0.6) is 0 Å². The Kier molecular flexibility index (Phi) is 4.45. The van der Waals surface area contributed by atoms with Gasteiger partial charge in [0.1, 0.15) is 0 Å². The van der Waals surface area contributed by atoms with Crippen molar-refractivity contribution in [3.8, 4) is 0 Å². The van der Waals surface area contributed by atoms with E-state index in [1.54, 1.807) is 6.20 Å². The molecule has 0 bridgehead atoms. The first-order valence-electron chi connectivity index (χ1n) is 8.32. The zero-order valence-corrected chi connectivity index (χ0v) is 13.4. The van der Waals surface area contributed by atoms with Gasteiger partial charge in [0.25, 0.3) is 0 Å². The van der Waals surface area contributed by atoms with E-state index in [9.17, 15) is 4.79 Å². The molecule has 2 aliphatic rings. The molecule has 1 saturated heterocycles. The van der Waals surface area contributed by atoms with E-state index in [-0.39, 0.29) is 5.91 Å². The van der Waals surface area contributed by atoms with E-state index in [0.29, 0.717) is 6.04 Å². The maximum atomic E-state index is 12.6. The first-order chi connectivity index (χ1) is 10.6. The number of carbonyl (C=O) groups is 1. The molecular weight excluding hydrogens is 276 g/mol. The lowest BCUT2D eigenvalue weighted by Gasteiger charge is -2.40. The number of hydrogen-bond donors (Lipinski definition) is 1. The number of hydrogen-bond acceptors (Lipinski definition) is 4. The monoisotopic (exact) mass is 302 g/mol. The molecule has 0 spiro atoms. The number of nitrogens with zero attached hydrogens (tertiary/aromatic N) is 3. The van der Waals surface area contributed by atoms with Crippen molar-refractivity contribution < 1.29 is 4.79 Å². The normalized spacial score (nSPS) is 23.5. The van der Waals surface area contributed by atoms with E-state index < -0.39 is 5.54 Å². The lowest BCUT2D eigenvalue weighted by molar-refractivity contribution is -0.138. The van der Waals surface area contributed by atoms with Crippen LogP contribution < -0.4 is 5.73 Å². The van der Waals surface area contributed by atoms with Crippen molar-refractivity contribution >= 4 is 5.91 Å². The van der Waals surface area contributed by atoms with Crippen molar-refractivity contribution in [2.75, 3.05) is 26.2 Å². The number of aromatic nitrogens is 1. The molecule has 1 saturated carbocycles. The van der Waals surface area contributed by atoms with Gasteiger partial charge in [-0.25, -0.2) is 0 Å². The fourth-order valence-corrected chi connectivity index (χ4v) is 3.68. The third-order valence-corrected chi connectivity index (χ3v) is 5.24. The van der Waals surface area contributed by atoms with Crippen LogP contribution in [0.3, 0.4) is 0 Å². The van der Waals surface area contributed by atoms with Crippen molar-refractivity contribution in [3.05, 3.63) is 30.1 Å². The molecule has 0 radical (unpaired) electrons. The summed E-state index contributed by atoms with van der Waals surface area (Å²) in [6, 6.07) is 4.43. The van der Waals surface area contributed by atoms with Crippen LogP contribution in [-0.4, -0.2) is 52.4 Å². The largest absolute Gasteiger partial charge is 0.339 e. The fourth-order valence-electron chi connectivity index (χ4n) is 3.68. The van der Waals surface area contributed by atoms with Crippen molar-refractivity contribution in [1.82, 2.24) is 14.8 Å². The van der Waals surface area contributed by atoms with Gasteiger partial charge in [0.2, 0.25) is 5.91 Å². The highest BCUT2D eigenvalue weighted by molar-refractivity contribution is 5.86. The Morgan fingerprint density at radius 3 is 2.55 bits per heavy atom. The Bertz CT molecular complexity index is 505. The molecule has 5 nitrogen and oxygen atoms in total. The predicted molar refractivity (Wildman–Crippen MR) is 86.2 cm³/mol. The highest BCUT2D eigenvalue weighted by Gasteiger charge is 2.40. The molecule has 1 atom stereocenters. The zero-order valence-electron chi connectivity index (χ0n) is 13.4. The molecule has 1 aromatic heterocycles. The smallest absolute Gasteiger partial charge is 0.242 e.